The minimum Gasteiger partial charge on any atom is -0.493 e. The largest absolute Gasteiger partial charge is 0.493 e. The van der Waals surface area contributed by atoms with Crippen molar-refractivity contribution in [1.29, 1.82) is 0 Å². The van der Waals surface area contributed by atoms with E-state index in [0.717, 1.165) is 5.56 Å². The summed E-state index contributed by atoms with van der Waals surface area (Å²) in [4.78, 5) is 25.8. The summed E-state index contributed by atoms with van der Waals surface area (Å²) >= 11 is 0. The van der Waals surface area contributed by atoms with Gasteiger partial charge < -0.3 is 23.5 Å². The fraction of sp³-hybridized carbons (Fsp3) is 0.143. The van der Waals surface area contributed by atoms with Crippen molar-refractivity contribution in [3.05, 3.63) is 89.2 Å². The summed E-state index contributed by atoms with van der Waals surface area (Å²) in [5.41, 5.74) is 4.56. The van der Waals surface area contributed by atoms with Crippen LogP contribution in [0.3, 0.4) is 0 Å². The number of esters is 1. The predicted octanol–water partition coefficient (Wildman–Crippen LogP) is 4.66. The molecule has 3 aromatic carbocycles. The first kappa shape index (κ1) is 26.0. The quantitative estimate of drug-likeness (QED) is 0.148. The van der Waals surface area contributed by atoms with Crippen LogP contribution in [-0.2, 0) is 0 Å². The molecular formula is C28H25N3O7. The molecule has 0 spiro atoms. The van der Waals surface area contributed by atoms with Gasteiger partial charge in [-0.2, -0.15) is 5.10 Å². The average molecular weight is 516 g/mol. The van der Waals surface area contributed by atoms with Gasteiger partial charge in [0.2, 0.25) is 5.75 Å². The van der Waals surface area contributed by atoms with Gasteiger partial charge in [0.25, 0.3) is 5.91 Å². The Balaban J connectivity index is 1.52. The van der Waals surface area contributed by atoms with E-state index >= 15 is 0 Å². The third-order valence-corrected chi connectivity index (χ3v) is 5.53. The number of ether oxygens (including phenoxy) is 4. The fourth-order valence-corrected chi connectivity index (χ4v) is 3.69. The van der Waals surface area contributed by atoms with Crippen LogP contribution >= 0.6 is 0 Å². The molecular weight excluding hydrogens is 490 g/mol. The van der Waals surface area contributed by atoms with Gasteiger partial charge in [-0.15, -0.1) is 0 Å². The number of hydrogen-bond acceptors (Lipinski definition) is 9. The number of methoxy groups -OCH3 is 3. The van der Waals surface area contributed by atoms with Crippen LogP contribution in [-0.4, -0.2) is 44.6 Å². The van der Waals surface area contributed by atoms with Crippen molar-refractivity contribution in [2.75, 3.05) is 21.3 Å². The maximum absolute atomic E-state index is 12.9. The van der Waals surface area contributed by atoms with Crippen molar-refractivity contribution in [3.63, 3.8) is 0 Å². The predicted molar refractivity (Wildman–Crippen MR) is 139 cm³/mol. The molecule has 0 fully saturated rings. The average Bonchev–Trinajstić information content (AvgIpc) is 3.34. The second-order valence-electron chi connectivity index (χ2n) is 7.87. The second-order valence-corrected chi connectivity index (χ2v) is 7.87. The number of aryl methyl sites for hydroxylation is 1. The number of amides is 1. The Morgan fingerprint density at radius 1 is 0.895 bits per heavy atom. The summed E-state index contributed by atoms with van der Waals surface area (Å²) in [6, 6.07) is 18.9. The first-order chi connectivity index (χ1) is 18.5. The Hall–Kier alpha value is -5.12. The molecule has 0 aliphatic heterocycles. The van der Waals surface area contributed by atoms with Gasteiger partial charge in [0.1, 0.15) is 22.8 Å². The molecule has 1 amide bonds. The van der Waals surface area contributed by atoms with Crippen molar-refractivity contribution in [3.8, 4) is 34.3 Å². The summed E-state index contributed by atoms with van der Waals surface area (Å²) in [5.74, 6) is 0.429. The molecule has 0 unspecified atom stereocenters. The monoisotopic (exact) mass is 515 g/mol. The molecule has 1 aromatic heterocycles. The van der Waals surface area contributed by atoms with E-state index in [-0.39, 0.29) is 16.9 Å². The highest BCUT2D eigenvalue weighted by atomic mass is 16.5. The van der Waals surface area contributed by atoms with Crippen LogP contribution in [0.5, 0.6) is 23.0 Å². The topological polar surface area (TPSA) is 121 Å². The van der Waals surface area contributed by atoms with Gasteiger partial charge in [-0.3, -0.25) is 4.79 Å². The number of benzene rings is 3. The maximum atomic E-state index is 12.9. The number of hydrazone groups is 1. The highest BCUT2D eigenvalue weighted by Gasteiger charge is 2.22. The van der Waals surface area contributed by atoms with Crippen molar-refractivity contribution < 1.29 is 33.1 Å². The molecule has 10 heteroatoms. The Labute approximate surface area is 218 Å². The molecule has 0 atom stereocenters. The lowest BCUT2D eigenvalue weighted by Gasteiger charge is -2.14. The van der Waals surface area contributed by atoms with Crippen LogP contribution in [0, 0.1) is 6.92 Å². The Morgan fingerprint density at radius 3 is 2.21 bits per heavy atom. The number of nitrogens with zero attached hydrogens (tertiary/aromatic N) is 2. The minimum absolute atomic E-state index is 0.191. The molecule has 4 aromatic rings. The second kappa shape index (κ2) is 11.7. The van der Waals surface area contributed by atoms with Crippen molar-refractivity contribution in [2.45, 2.75) is 6.92 Å². The standard InChI is InChI=1S/C28H25N3O7/c1-17-24(25(31-38-17)18-10-6-5-7-11-18)27(32)30-29-16-19-12-8-9-13-21(19)37-28(33)20-14-22(34-2)26(36-4)23(15-20)35-3/h5-16H,1-4H3,(H,30,32)/b29-16-. The van der Waals surface area contributed by atoms with Gasteiger partial charge in [0, 0.05) is 11.1 Å². The summed E-state index contributed by atoms with van der Waals surface area (Å²) in [5, 5.41) is 8.06. The van der Waals surface area contributed by atoms with Crippen molar-refractivity contribution in [1.82, 2.24) is 10.6 Å². The van der Waals surface area contributed by atoms with Gasteiger partial charge in [0.15, 0.2) is 11.5 Å². The van der Waals surface area contributed by atoms with Crippen molar-refractivity contribution >= 4 is 18.1 Å². The van der Waals surface area contributed by atoms with Crippen LogP contribution < -0.4 is 24.4 Å². The molecule has 0 saturated heterocycles. The molecule has 194 valence electrons. The Bertz CT molecular complexity index is 1450. The number of carbonyl (C=O) groups excluding carboxylic acids is 2. The number of hydrogen-bond donors (Lipinski definition) is 1. The van der Waals surface area contributed by atoms with Crippen LogP contribution in [0.2, 0.25) is 0 Å². The van der Waals surface area contributed by atoms with Gasteiger partial charge in [-0.25, -0.2) is 10.2 Å². The lowest BCUT2D eigenvalue weighted by Crippen LogP contribution is -2.19. The Morgan fingerprint density at radius 2 is 1.55 bits per heavy atom. The Kier molecular flexibility index (Phi) is 8.02. The molecule has 1 heterocycles. The summed E-state index contributed by atoms with van der Waals surface area (Å²) in [6.07, 6.45) is 1.38. The van der Waals surface area contributed by atoms with Gasteiger partial charge in [0.05, 0.1) is 33.1 Å². The molecule has 0 radical (unpaired) electrons. The van der Waals surface area contributed by atoms with Crippen LogP contribution in [0.25, 0.3) is 11.3 Å². The van der Waals surface area contributed by atoms with E-state index in [2.05, 4.69) is 15.7 Å². The van der Waals surface area contributed by atoms with Crippen molar-refractivity contribution in [2.24, 2.45) is 5.10 Å². The third kappa shape index (κ3) is 5.49. The number of rotatable bonds is 9. The normalized spacial score (nSPS) is 10.7. The third-order valence-electron chi connectivity index (χ3n) is 5.53. The van der Waals surface area contributed by atoms with Crippen LogP contribution in [0.15, 0.2) is 76.4 Å². The van der Waals surface area contributed by atoms with E-state index in [1.54, 1.807) is 31.2 Å². The van der Waals surface area contributed by atoms with E-state index in [9.17, 15) is 9.59 Å². The zero-order valence-electron chi connectivity index (χ0n) is 21.2. The van der Waals surface area contributed by atoms with E-state index < -0.39 is 11.9 Å². The van der Waals surface area contributed by atoms with Crippen LogP contribution in [0.4, 0.5) is 0 Å². The number of aromatic nitrogens is 1. The fourth-order valence-electron chi connectivity index (χ4n) is 3.69. The van der Waals surface area contributed by atoms with E-state index in [0.29, 0.717) is 34.3 Å². The minimum atomic E-state index is -0.651. The van der Waals surface area contributed by atoms with Gasteiger partial charge >= 0.3 is 5.97 Å². The van der Waals surface area contributed by atoms with E-state index in [4.69, 9.17) is 23.5 Å². The molecule has 4 rings (SSSR count). The zero-order valence-corrected chi connectivity index (χ0v) is 21.2. The first-order valence-corrected chi connectivity index (χ1v) is 11.4. The maximum Gasteiger partial charge on any atom is 0.343 e. The molecule has 38 heavy (non-hydrogen) atoms. The highest BCUT2D eigenvalue weighted by molar-refractivity contribution is 6.01. The zero-order chi connectivity index (χ0) is 27.1. The molecule has 10 nitrogen and oxygen atoms in total. The van der Waals surface area contributed by atoms with Gasteiger partial charge in [-0.1, -0.05) is 47.6 Å². The first-order valence-electron chi connectivity index (χ1n) is 11.4. The summed E-state index contributed by atoms with van der Waals surface area (Å²) in [7, 11) is 4.38. The lowest BCUT2D eigenvalue weighted by molar-refractivity contribution is 0.0733. The molecule has 0 aliphatic carbocycles. The molecule has 0 bridgehead atoms. The van der Waals surface area contributed by atoms with E-state index in [1.807, 2.05) is 30.3 Å². The summed E-state index contributed by atoms with van der Waals surface area (Å²) in [6.45, 7) is 1.65. The SMILES string of the molecule is COc1cc(C(=O)Oc2ccccc2/C=N\NC(=O)c2c(-c3ccccc3)noc2C)cc(OC)c1OC. The summed E-state index contributed by atoms with van der Waals surface area (Å²) < 4.78 is 26.8. The molecule has 0 aliphatic rings. The number of carbonyl (C=O) groups is 2. The highest BCUT2D eigenvalue weighted by Crippen LogP contribution is 2.38. The number of para-hydroxylation sites is 1. The number of nitrogens with one attached hydrogen (secondary N) is 1. The van der Waals surface area contributed by atoms with Crippen LogP contribution in [0.1, 0.15) is 32.0 Å². The molecule has 1 N–H and O–H groups in total. The van der Waals surface area contributed by atoms with Gasteiger partial charge in [-0.05, 0) is 31.2 Å². The molecule has 0 saturated carbocycles. The lowest BCUT2D eigenvalue weighted by atomic mass is 10.1. The van der Waals surface area contributed by atoms with E-state index in [1.165, 1.54) is 39.7 Å². The smallest absolute Gasteiger partial charge is 0.343 e.